The van der Waals surface area contributed by atoms with Gasteiger partial charge in [0.2, 0.25) is 0 Å². The zero-order valence-electron chi connectivity index (χ0n) is 36.8. The van der Waals surface area contributed by atoms with Crippen molar-refractivity contribution in [2.45, 2.75) is 83.6 Å². The van der Waals surface area contributed by atoms with Crippen LogP contribution in [0.3, 0.4) is 0 Å². The summed E-state index contributed by atoms with van der Waals surface area (Å²) in [5.41, 5.74) is 8.51. The zero-order chi connectivity index (χ0) is 43.5. The fourth-order valence-electron chi connectivity index (χ4n) is 8.26. The van der Waals surface area contributed by atoms with Gasteiger partial charge in [-0.05, 0) is 119 Å². The van der Waals surface area contributed by atoms with E-state index in [2.05, 4.69) is 82.8 Å². The molecule has 9 heterocycles. The van der Waals surface area contributed by atoms with Crippen molar-refractivity contribution < 1.29 is 9.47 Å². The lowest BCUT2D eigenvalue weighted by molar-refractivity contribution is 0.0306. The first kappa shape index (κ1) is 44.2. The summed E-state index contributed by atoms with van der Waals surface area (Å²) in [7, 11) is 3.62. The molecule has 9 rings (SSSR count). The summed E-state index contributed by atoms with van der Waals surface area (Å²) in [5, 5.41) is 21.1. The van der Waals surface area contributed by atoms with Crippen LogP contribution >= 0.6 is 11.6 Å². The van der Waals surface area contributed by atoms with Gasteiger partial charge in [0.25, 0.3) is 0 Å². The molecular formula is C47H58ClN13O2. The van der Waals surface area contributed by atoms with E-state index in [-0.39, 0.29) is 0 Å². The lowest BCUT2D eigenvalue weighted by atomic mass is 10.1. The van der Waals surface area contributed by atoms with E-state index in [1.807, 2.05) is 78.7 Å². The number of ether oxygens (including phenoxy) is 2. The number of hydrogen-bond donors (Lipinski definition) is 1. The molecule has 7 aromatic heterocycles. The predicted octanol–water partition coefficient (Wildman–Crippen LogP) is 8.30. The Hall–Kier alpha value is -5.45. The standard InChI is InChI=1S/C27H34N8O.C20H24ClN5O/c1-19(2)20-13-27(33-29-15-20)32-26-8-7-24-25(31-26)12-21(14-28-24)22-16-30-35(17-22)11-5-10-34-9-4-6-23(18-34)36-3;1-27-17-4-2-7-25(14-17)8-3-9-26-13-16(12-23-26)15-10-19-18(22-11-15)5-6-20(21)24-19/h7-8,12-17,19,23H,4-6,9-11,18H2,1-3H3,(H,31,32,33);5-6,10-13,17H,2-4,7-9,14H2,1H3. The Balaban J connectivity index is 0.000000180. The molecule has 0 spiro atoms. The molecule has 330 valence electrons. The van der Waals surface area contributed by atoms with Crippen LogP contribution in [0.15, 0.2) is 85.8 Å². The lowest BCUT2D eigenvalue weighted by Gasteiger charge is -2.31. The molecule has 0 saturated carbocycles. The number of aryl methyl sites for hydroxylation is 2. The number of nitrogens with one attached hydrogen (secondary N) is 1. The summed E-state index contributed by atoms with van der Waals surface area (Å²) >= 11 is 5.99. The SMILES string of the molecule is COC1CCCN(CCCn2cc(-c3cnc4ccc(Cl)nc4c3)cn2)C1.COC1CCCN(CCCn2cc(-c3cnc4ccc(Nc5cc(C(C)C)cnn5)nc4c3)cn2)C1. The number of nitrogens with zero attached hydrogens (tertiary/aromatic N) is 12. The van der Waals surface area contributed by atoms with Crippen LogP contribution < -0.4 is 5.32 Å². The van der Waals surface area contributed by atoms with Gasteiger partial charge in [-0.3, -0.25) is 19.3 Å². The van der Waals surface area contributed by atoms with Crippen LogP contribution in [0.2, 0.25) is 5.15 Å². The van der Waals surface area contributed by atoms with Gasteiger partial charge >= 0.3 is 0 Å². The fraction of sp³-hybridized carbons (Fsp3) is 0.447. The maximum atomic E-state index is 5.99. The van der Waals surface area contributed by atoms with Crippen LogP contribution in [0.25, 0.3) is 44.3 Å². The van der Waals surface area contributed by atoms with Gasteiger partial charge in [0.05, 0.1) is 52.9 Å². The number of likely N-dealkylation sites (tertiary alicyclic amines) is 2. The molecule has 0 aromatic carbocycles. The third kappa shape index (κ3) is 12.0. The van der Waals surface area contributed by atoms with Crippen LogP contribution in [0.4, 0.5) is 11.6 Å². The number of hydrogen-bond acceptors (Lipinski definition) is 13. The maximum Gasteiger partial charge on any atom is 0.154 e. The Morgan fingerprint density at radius 2 is 1.22 bits per heavy atom. The van der Waals surface area contributed by atoms with Gasteiger partial charge in [-0.2, -0.15) is 15.3 Å². The summed E-state index contributed by atoms with van der Waals surface area (Å²) in [6, 6.07) is 13.6. The molecule has 0 aliphatic carbocycles. The fourth-order valence-corrected chi connectivity index (χ4v) is 8.42. The molecule has 2 aliphatic rings. The van der Waals surface area contributed by atoms with Crippen LogP contribution in [0, 0.1) is 0 Å². The molecule has 63 heavy (non-hydrogen) atoms. The zero-order valence-corrected chi connectivity index (χ0v) is 37.5. The van der Waals surface area contributed by atoms with Crippen molar-refractivity contribution in [2.75, 3.05) is 58.8 Å². The molecular weight excluding hydrogens is 814 g/mol. The average molecular weight is 873 g/mol. The number of rotatable bonds is 15. The highest BCUT2D eigenvalue weighted by molar-refractivity contribution is 6.29. The van der Waals surface area contributed by atoms with E-state index in [9.17, 15) is 0 Å². The summed E-state index contributed by atoms with van der Waals surface area (Å²) < 4.78 is 15.1. The summed E-state index contributed by atoms with van der Waals surface area (Å²) in [6.07, 6.45) is 21.2. The number of fused-ring (bicyclic) bond motifs is 2. The highest BCUT2D eigenvalue weighted by Crippen LogP contribution is 2.26. The molecule has 0 radical (unpaired) electrons. The average Bonchev–Trinajstić information content (AvgIpc) is 4.00. The lowest BCUT2D eigenvalue weighted by Crippen LogP contribution is -2.39. The third-order valence-corrected chi connectivity index (χ3v) is 12.1. The smallest absolute Gasteiger partial charge is 0.154 e. The monoisotopic (exact) mass is 871 g/mol. The predicted molar refractivity (Wildman–Crippen MR) is 248 cm³/mol. The van der Waals surface area contributed by atoms with E-state index >= 15 is 0 Å². The Morgan fingerprint density at radius 3 is 1.79 bits per heavy atom. The number of pyridine rings is 4. The van der Waals surface area contributed by atoms with Crippen molar-refractivity contribution >= 4 is 45.3 Å². The molecule has 2 fully saturated rings. The number of halogens is 1. The molecule has 2 unspecified atom stereocenters. The highest BCUT2D eigenvalue weighted by atomic mass is 35.5. The van der Waals surface area contributed by atoms with Gasteiger partial charge in [0.1, 0.15) is 11.0 Å². The first-order chi connectivity index (χ1) is 30.8. The molecule has 7 aromatic rings. The van der Waals surface area contributed by atoms with Crippen LogP contribution in [-0.2, 0) is 22.6 Å². The molecule has 0 bridgehead atoms. The molecule has 2 aliphatic heterocycles. The summed E-state index contributed by atoms with van der Waals surface area (Å²) in [5.74, 6) is 1.77. The van der Waals surface area contributed by atoms with Crippen LogP contribution in [0.5, 0.6) is 0 Å². The number of methoxy groups -OCH3 is 2. The van der Waals surface area contributed by atoms with Crippen molar-refractivity contribution in [3.8, 4) is 22.3 Å². The number of piperidine rings is 2. The second kappa shape index (κ2) is 21.3. The van der Waals surface area contributed by atoms with Gasteiger partial charge in [-0.15, -0.1) is 5.10 Å². The summed E-state index contributed by atoms with van der Waals surface area (Å²) in [4.78, 5) is 23.2. The van der Waals surface area contributed by atoms with Crippen molar-refractivity contribution in [3.05, 3.63) is 96.6 Å². The molecule has 15 nitrogen and oxygen atoms in total. The van der Waals surface area contributed by atoms with E-state index in [0.717, 1.165) is 109 Å². The van der Waals surface area contributed by atoms with Crippen molar-refractivity contribution in [1.29, 1.82) is 0 Å². The molecule has 2 atom stereocenters. The van der Waals surface area contributed by atoms with E-state index in [1.165, 1.54) is 32.2 Å². The normalized spacial score (nSPS) is 17.3. The van der Waals surface area contributed by atoms with Crippen molar-refractivity contribution in [3.63, 3.8) is 0 Å². The van der Waals surface area contributed by atoms with Gasteiger partial charge in [0.15, 0.2) is 5.82 Å². The minimum Gasteiger partial charge on any atom is -0.380 e. The van der Waals surface area contributed by atoms with E-state index in [4.69, 9.17) is 26.1 Å². The summed E-state index contributed by atoms with van der Waals surface area (Å²) in [6.45, 7) is 12.6. The Bertz CT molecular complexity index is 2560. The van der Waals surface area contributed by atoms with E-state index in [0.29, 0.717) is 34.9 Å². The Morgan fingerprint density at radius 1 is 0.651 bits per heavy atom. The van der Waals surface area contributed by atoms with Crippen molar-refractivity contribution in [1.82, 2.24) is 59.5 Å². The number of anilines is 2. The minimum absolute atomic E-state index is 0.373. The van der Waals surface area contributed by atoms with Crippen molar-refractivity contribution in [2.24, 2.45) is 0 Å². The first-order valence-electron chi connectivity index (χ1n) is 22.1. The largest absolute Gasteiger partial charge is 0.380 e. The second-order valence-corrected chi connectivity index (χ2v) is 17.2. The molecule has 2 saturated heterocycles. The van der Waals surface area contributed by atoms with Gasteiger partial charge in [0, 0.05) is 87.4 Å². The molecule has 16 heteroatoms. The van der Waals surface area contributed by atoms with Crippen LogP contribution in [0.1, 0.15) is 63.9 Å². The van der Waals surface area contributed by atoms with E-state index < -0.39 is 0 Å². The second-order valence-electron chi connectivity index (χ2n) is 16.8. The minimum atomic E-state index is 0.373. The maximum absolute atomic E-state index is 5.99. The Labute approximate surface area is 374 Å². The third-order valence-electron chi connectivity index (χ3n) is 11.9. The number of aromatic nitrogens is 10. The van der Waals surface area contributed by atoms with Crippen LogP contribution in [-0.4, -0.2) is 125 Å². The first-order valence-corrected chi connectivity index (χ1v) is 22.5. The topological polar surface area (TPSA) is 150 Å². The van der Waals surface area contributed by atoms with Gasteiger partial charge in [-0.1, -0.05) is 25.4 Å². The quantitative estimate of drug-likeness (QED) is 0.0986. The molecule has 0 amide bonds. The highest BCUT2D eigenvalue weighted by Gasteiger charge is 2.20. The van der Waals surface area contributed by atoms with E-state index in [1.54, 1.807) is 12.3 Å². The van der Waals surface area contributed by atoms with Gasteiger partial charge < -0.3 is 24.6 Å². The Kier molecular flexibility index (Phi) is 14.9. The van der Waals surface area contributed by atoms with Gasteiger partial charge in [-0.25, -0.2) is 9.97 Å². The molecule has 1 N–H and O–H groups in total.